The third-order valence-electron chi connectivity index (χ3n) is 9.70. The number of aryl methyl sites for hydroxylation is 2. The standard InChI is InChI=1S/C38H40F6O2/c1-3-5-6-7-26-15-19-29(35(42)33(26)40)25-12-16-27(17-13-25)46-38(45)31-21-20-30(36(43)37(31)44)24-10-8-23(9-11-24)28-18-14-22(4-2)32(39)34(28)41/h8,14-15,18-21,24-25,27H,3-7,9-13,16-17H2,1-2H3. The summed E-state index contributed by atoms with van der Waals surface area (Å²) in [7, 11) is 0. The second kappa shape index (κ2) is 14.9. The molecule has 1 unspecified atom stereocenters. The van der Waals surface area contributed by atoms with Crippen molar-refractivity contribution in [3.05, 3.63) is 111 Å². The average Bonchev–Trinajstić information content (AvgIpc) is 3.06. The Morgan fingerprint density at radius 2 is 1.35 bits per heavy atom. The first kappa shape index (κ1) is 33.8. The second-order valence-electron chi connectivity index (χ2n) is 12.6. The van der Waals surface area contributed by atoms with E-state index in [4.69, 9.17) is 4.74 Å². The van der Waals surface area contributed by atoms with Crippen LogP contribution in [0.3, 0.4) is 0 Å². The van der Waals surface area contributed by atoms with Crippen LogP contribution >= 0.6 is 0 Å². The summed E-state index contributed by atoms with van der Waals surface area (Å²) in [5, 5.41) is 0. The first-order valence-electron chi connectivity index (χ1n) is 16.5. The number of esters is 1. The first-order chi connectivity index (χ1) is 22.1. The van der Waals surface area contributed by atoms with Gasteiger partial charge in [0.25, 0.3) is 0 Å². The van der Waals surface area contributed by atoms with E-state index in [9.17, 15) is 22.4 Å². The van der Waals surface area contributed by atoms with E-state index in [-0.39, 0.29) is 17.0 Å². The average molecular weight is 643 g/mol. The SMILES string of the molecule is CCCCCc1ccc(C2CCC(OC(=O)c3ccc(C4CC=C(c5ccc(CC)c(F)c5F)CC4)c(F)c3F)CC2)c(F)c1F. The van der Waals surface area contributed by atoms with Crippen LogP contribution in [0.2, 0.25) is 0 Å². The Morgan fingerprint density at radius 1 is 0.696 bits per heavy atom. The molecule has 0 aliphatic heterocycles. The molecule has 0 saturated heterocycles. The van der Waals surface area contributed by atoms with Crippen LogP contribution in [0, 0.1) is 34.9 Å². The molecule has 2 aliphatic rings. The van der Waals surface area contributed by atoms with Crippen LogP contribution in [0.1, 0.15) is 128 Å². The lowest BCUT2D eigenvalue weighted by Crippen LogP contribution is -2.25. The fourth-order valence-electron chi connectivity index (χ4n) is 6.89. The van der Waals surface area contributed by atoms with Crippen LogP contribution in [-0.4, -0.2) is 12.1 Å². The van der Waals surface area contributed by atoms with Gasteiger partial charge in [0.05, 0.1) is 5.56 Å². The van der Waals surface area contributed by atoms with E-state index in [1.807, 2.05) is 6.92 Å². The van der Waals surface area contributed by atoms with Crippen molar-refractivity contribution in [1.29, 1.82) is 0 Å². The number of carbonyl (C=O) groups is 1. The fraction of sp³-hybridized carbons (Fsp3) is 0.447. The van der Waals surface area contributed by atoms with Crippen molar-refractivity contribution in [2.24, 2.45) is 0 Å². The minimum absolute atomic E-state index is 0.114. The van der Waals surface area contributed by atoms with E-state index in [0.29, 0.717) is 80.1 Å². The topological polar surface area (TPSA) is 26.3 Å². The predicted octanol–water partition coefficient (Wildman–Crippen LogP) is 11.1. The summed E-state index contributed by atoms with van der Waals surface area (Å²) in [6.45, 7) is 3.79. The van der Waals surface area contributed by atoms with E-state index in [2.05, 4.69) is 0 Å². The summed E-state index contributed by atoms with van der Waals surface area (Å²) in [4.78, 5) is 12.9. The lowest BCUT2D eigenvalue weighted by Gasteiger charge is -2.29. The van der Waals surface area contributed by atoms with E-state index in [1.165, 1.54) is 12.1 Å². The molecule has 3 aromatic carbocycles. The molecule has 0 bridgehead atoms. The summed E-state index contributed by atoms with van der Waals surface area (Å²) >= 11 is 0. The Labute approximate surface area is 266 Å². The Kier molecular flexibility index (Phi) is 11.0. The lowest BCUT2D eigenvalue weighted by atomic mass is 9.81. The van der Waals surface area contributed by atoms with Crippen molar-refractivity contribution in [3.63, 3.8) is 0 Å². The highest BCUT2D eigenvalue weighted by Crippen LogP contribution is 2.40. The van der Waals surface area contributed by atoms with Gasteiger partial charge < -0.3 is 4.74 Å². The van der Waals surface area contributed by atoms with Crippen LogP contribution in [0.4, 0.5) is 26.3 Å². The Hall–Kier alpha value is -3.55. The Balaban J connectivity index is 1.19. The predicted molar refractivity (Wildman–Crippen MR) is 167 cm³/mol. The van der Waals surface area contributed by atoms with Gasteiger partial charge in [-0.3, -0.25) is 0 Å². The lowest BCUT2D eigenvalue weighted by molar-refractivity contribution is 0.0188. The number of allylic oxidation sites excluding steroid dienone is 2. The highest BCUT2D eigenvalue weighted by molar-refractivity contribution is 5.90. The quantitative estimate of drug-likeness (QED) is 0.125. The monoisotopic (exact) mass is 642 g/mol. The van der Waals surface area contributed by atoms with Gasteiger partial charge in [0.15, 0.2) is 34.9 Å². The van der Waals surface area contributed by atoms with E-state index in [0.717, 1.165) is 19.3 Å². The molecule has 0 spiro atoms. The molecule has 2 nitrogen and oxygen atoms in total. The zero-order chi connectivity index (χ0) is 33.0. The molecule has 0 N–H and O–H groups in total. The van der Waals surface area contributed by atoms with Gasteiger partial charge in [-0.25, -0.2) is 31.1 Å². The molecule has 1 atom stereocenters. The van der Waals surface area contributed by atoms with Gasteiger partial charge in [-0.1, -0.05) is 63.1 Å². The third-order valence-corrected chi connectivity index (χ3v) is 9.70. The molecule has 246 valence electrons. The van der Waals surface area contributed by atoms with Gasteiger partial charge in [0.1, 0.15) is 6.10 Å². The van der Waals surface area contributed by atoms with Crippen molar-refractivity contribution < 1.29 is 35.9 Å². The number of rotatable bonds is 10. The molecule has 1 fully saturated rings. The zero-order valence-corrected chi connectivity index (χ0v) is 26.3. The summed E-state index contributed by atoms with van der Waals surface area (Å²) < 4.78 is 94.5. The maximum Gasteiger partial charge on any atom is 0.341 e. The smallest absolute Gasteiger partial charge is 0.341 e. The molecule has 3 aromatic rings. The molecule has 0 radical (unpaired) electrons. The van der Waals surface area contributed by atoms with Gasteiger partial charge >= 0.3 is 5.97 Å². The van der Waals surface area contributed by atoms with Crippen LogP contribution in [-0.2, 0) is 17.6 Å². The summed E-state index contributed by atoms with van der Waals surface area (Å²) in [5.74, 6) is -7.37. The summed E-state index contributed by atoms with van der Waals surface area (Å²) in [5.41, 5.74) is 1.41. The Bertz CT molecular complexity index is 1610. The molecule has 1 saturated carbocycles. The minimum atomic E-state index is -1.29. The normalized spacial score (nSPS) is 20.0. The zero-order valence-electron chi connectivity index (χ0n) is 26.3. The van der Waals surface area contributed by atoms with Crippen molar-refractivity contribution in [3.8, 4) is 0 Å². The maximum atomic E-state index is 15.3. The molecule has 46 heavy (non-hydrogen) atoms. The molecular formula is C38H40F6O2. The maximum absolute atomic E-state index is 15.3. The summed E-state index contributed by atoms with van der Waals surface area (Å²) in [6.07, 6.45) is 7.58. The molecule has 2 aliphatic carbocycles. The molecule has 0 amide bonds. The van der Waals surface area contributed by atoms with Crippen molar-refractivity contribution >= 4 is 11.5 Å². The number of carbonyl (C=O) groups excluding carboxylic acids is 1. The van der Waals surface area contributed by atoms with Crippen LogP contribution in [0.25, 0.3) is 5.57 Å². The molecule has 0 heterocycles. The van der Waals surface area contributed by atoms with Gasteiger partial charge in [-0.05, 0) is 110 Å². The van der Waals surface area contributed by atoms with E-state index < -0.39 is 58.5 Å². The number of hydrogen-bond donors (Lipinski definition) is 0. The van der Waals surface area contributed by atoms with Gasteiger partial charge in [-0.2, -0.15) is 0 Å². The number of ether oxygens (including phenoxy) is 1. The minimum Gasteiger partial charge on any atom is -0.459 e. The second-order valence-corrected chi connectivity index (χ2v) is 12.6. The number of benzene rings is 3. The number of unbranched alkanes of at least 4 members (excludes halogenated alkanes) is 2. The van der Waals surface area contributed by atoms with Gasteiger partial charge in [0.2, 0.25) is 0 Å². The van der Waals surface area contributed by atoms with Gasteiger partial charge in [0, 0.05) is 5.56 Å². The van der Waals surface area contributed by atoms with E-state index >= 15 is 8.78 Å². The van der Waals surface area contributed by atoms with Crippen molar-refractivity contribution in [2.75, 3.05) is 0 Å². The molecule has 8 heteroatoms. The highest BCUT2D eigenvalue weighted by Gasteiger charge is 2.31. The van der Waals surface area contributed by atoms with E-state index in [1.54, 1.807) is 37.3 Å². The molecular weight excluding hydrogens is 602 g/mol. The van der Waals surface area contributed by atoms with Crippen LogP contribution in [0.5, 0.6) is 0 Å². The number of hydrogen-bond acceptors (Lipinski definition) is 2. The summed E-state index contributed by atoms with van der Waals surface area (Å²) in [6, 6.07) is 9.04. The number of halogens is 6. The highest BCUT2D eigenvalue weighted by atomic mass is 19.2. The van der Waals surface area contributed by atoms with Crippen LogP contribution in [0.15, 0.2) is 42.5 Å². The molecule has 0 aromatic heterocycles. The Morgan fingerprint density at radius 3 is 2.02 bits per heavy atom. The van der Waals surface area contributed by atoms with Crippen molar-refractivity contribution in [1.82, 2.24) is 0 Å². The first-order valence-corrected chi connectivity index (χ1v) is 16.5. The van der Waals surface area contributed by atoms with Crippen LogP contribution < -0.4 is 0 Å². The van der Waals surface area contributed by atoms with Gasteiger partial charge in [-0.15, -0.1) is 0 Å². The third kappa shape index (κ3) is 7.06. The molecule has 5 rings (SSSR count). The fourth-order valence-corrected chi connectivity index (χ4v) is 6.89. The van der Waals surface area contributed by atoms with Crippen molar-refractivity contribution in [2.45, 2.75) is 109 Å². The largest absolute Gasteiger partial charge is 0.459 e.